The number of Topliss-reactive ketones (excluding diaryl/α,β-unsaturated/α-hetero) is 1. The summed E-state index contributed by atoms with van der Waals surface area (Å²) in [5, 5.41) is 1.25. The summed E-state index contributed by atoms with van der Waals surface area (Å²) < 4.78 is 11.7. The molecule has 0 spiro atoms. The van der Waals surface area contributed by atoms with Gasteiger partial charge < -0.3 is 15.2 Å². The first-order valence-corrected chi connectivity index (χ1v) is 12.0. The maximum absolute atomic E-state index is 13.6. The van der Waals surface area contributed by atoms with Crippen LogP contribution in [0.5, 0.6) is 11.6 Å². The van der Waals surface area contributed by atoms with E-state index in [4.69, 9.17) is 31.8 Å². The van der Waals surface area contributed by atoms with Crippen LogP contribution in [0.25, 0.3) is 10.9 Å². The average molecular weight is 476 g/mol. The number of methoxy groups -OCH3 is 1. The van der Waals surface area contributed by atoms with Gasteiger partial charge in [-0.25, -0.2) is 9.97 Å². The first-order valence-electron chi connectivity index (χ1n) is 11.6. The van der Waals surface area contributed by atoms with E-state index in [0.29, 0.717) is 46.6 Å². The second-order valence-electron chi connectivity index (χ2n) is 10.3. The van der Waals surface area contributed by atoms with Crippen LogP contribution in [0.2, 0.25) is 5.15 Å². The summed E-state index contributed by atoms with van der Waals surface area (Å²) in [6.45, 7) is 4.18. The van der Waals surface area contributed by atoms with E-state index in [0.717, 1.165) is 52.5 Å². The molecule has 2 aliphatic carbocycles. The summed E-state index contributed by atoms with van der Waals surface area (Å²) >= 11 is 6.82. The number of ketones is 1. The van der Waals surface area contributed by atoms with Crippen molar-refractivity contribution in [3.05, 3.63) is 63.1 Å². The van der Waals surface area contributed by atoms with Crippen LogP contribution < -0.4 is 15.2 Å². The molecular formula is C27H26ClN3O3. The van der Waals surface area contributed by atoms with E-state index in [9.17, 15) is 4.79 Å². The number of fused-ring (bicyclic) bond motifs is 3. The number of nitrogens with zero attached hydrogens (tertiary/aromatic N) is 2. The van der Waals surface area contributed by atoms with E-state index in [1.165, 1.54) is 0 Å². The van der Waals surface area contributed by atoms with Gasteiger partial charge in [-0.15, -0.1) is 0 Å². The number of aryl methyl sites for hydroxylation is 1. The molecule has 3 aromatic rings. The normalized spacial score (nSPS) is 20.6. The van der Waals surface area contributed by atoms with Crippen molar-refractivity contribution >= 4 is 34.0 Å². The van der Waals surface area contributed by atoms with E-state index in [1.807, 2.05) is 24.3 Å². The zero-order valence-electron chi connectivity index (χ0n) is 19.5. The minimum atomic E-state index is -0.466. The number of hydrogen-bond acceptors (Lipinski definition) is 6. The first kappa shape index (κ1) is 21.4. The van der Waals surface area contributed by atoms with E-state index < -0.39 is 5.92 Å². The van der Waals surface area contributed by atoms with Crippen LogP contribution in [0.4, 0.5) is 5.69 Å². The number of nitrogen functional groups attached to an aromatic ring is 1. The fourth-order valence-corrected chi connectivity index (χ4v) is 5.95. The molecule has 0 saturated heterocycles. The summed E-state index contributed by atoms with van der Waals surface area (Å²) in [6, 6.07) is 7.70. The van der Waals surface area contributed by atoms with Gasteiger partial charge in [-0.3, -0.25) is 4.79 Å². The lowest BCUT2D eigenvalue weighted by Crippen LogP contribution is -2.34. The Morgan fingerprint density at radius 2 is 2.00 bits per heavy atom. The maximum Gasteiger partial charge on any atom is 0.225 e. The van der Waals surface area contributed by atoms with Crippen molar-refractivity contribution in [3.8, 4) is 11.6 Å². The van der Waals surface area contributed by atoms with Crippen molar-refractivity contribution in [1.29, 1.82) is 0 Å². The van der Waals surface area contributed by atoms with Crippen LogP contribution in [0.3, 0.4) is 0 Å². The maximum atomic E-state index is 13.6. The molecule has 1 unspecified atom stereocenters. The van der Waals surface area contributed by atoms with Crippen LogP contribution in [-0.2, 0) is 17.6 Å². The highest BCUT2D eigenvalue weighted by Gasteiger charge is 2.45. The number of hydrogen-bond donors (Lipinski definition) is 1. The van der Waals surface area contributed by atoms with Gasteiger partial charge >= 0.3 is 0 Å². The van der Waals surface area contributed by atoms with Crippen molar-refractivity contribution in [3.63, 3.8) is 0 Å². The predicted molar refractivity (Wildman–Crippen MR) is 131 cm³/mol. The van der Waals surface area contributed by atoms with Gasteiger partial charge in [0.1, 0.15) is 16.7 Å². The molecule has 3 heterocycles. The minimum Gasteiger partial charge on any atom is -0.497 e. The second kappa shape index (κ2) is 7.44. The van der Waals surface area contributed by atoms with Crippen LogP contribution in [0.15, 0.2) is 35.6 Å². The number of rotatable bonds is 2. The van der Waals surface area contributed by atoms with E-state index in [1.54, 1.807) is 7.11 Å². The molecule has 0 saturated carbocycles. The molecular weight excluding hydrogens is 450 g/mol. The highest BCUT2D eigenvalue weighted by molar-refractivity contribution is 6.31. The van der Waals surface area contributed by atoms with Gasteiger partial charge in [0.15, 0.2) is 5.78 Å². The van der Waals surface area contributed by atoms with E-state index in [2.05, 4.69) is 18.8 Å². The van der Waals surface area contributed by atoms with Crippen LogP contribution in [0.1, 0.15) is 61.4 Å². The number of benzene rings is 1. The zero-order chi connectivity index (χ0) is 23.8. The fraction of sp³-hybridized carbons (Fsp3) is 0.370. The monoisotopic (exact) mass is 475 g/mol. The third kappa shape index (κ3) is 3.19. The number of allylic oxidation sites excluding steroid dienone is 2. The third-order valence-electron chi connectivity index (χ3n) is 7.26. The summed E-state index contributed by atoms with van der Waals surface area (Å²) in [4.78, 5) is 23.1. The molecule has 3 aliphatic rings. The van der Waals surface area contributed by atoms with Gasteiger partial charge in [0.25, 0.3) is 0 Å². The molecule has 2 aromatic heterocycles. The number of pyridine rings is 2. The first-order chi connectivity index (χ1) is 16.3. The van der Waals surface area contributed by atoms with Crippen LogP contribution in [-0.4, -0.2) is 22.9 Å². The minimum absolute atomic E-state index is 0.0627. The second-order valence-corrected chi connectivity index (χ2v) is 10.6. The summed E-state index contributed by atoms with van der Waals surface area (Å²) in [6.07, 6.45) is 3.87. The fourth-order valence-electron chi connectivity index (χ4n) is 5.69. The molecule has 0 radical (unpaired) electrons. The Balaban J connectivity index is 1.63. The third-order valence-corrected chi connectivity index (χ3v) is 7.57. The van der Waals surface area contributed by atoms with Crippen molar-refractivity contribution < 1.29 is 14.3 Å². The van der Waals surface area contributed by atoms with Gasteiger partial charge in [-0.1, -0.05) is 25.4 Å². The number of carbonyl (C=O) groups excluding carboxylic acids is 1. The molecule has 6 nitrogen and oxygen atoms in total. The topological polar surface area (TPSA) is 87.3 Å². The number of ether oxygens (including phenoxy) is 2. The molecule has 2 N–H and O–H groups in total. The largest absolute Gasteiger partial charge is 0.497 e. The SMILES string of the molecule is COc1ccc2cc(C3C4=C(CC(C)(C)CC4=O)Oc4nc5c(c(N)c43)CCC5)c(Cl)nc2c1. The molecule has 6 rings (SSSR count). The molecule has 1 aliphatic heterocycles. The Labute approximate surface area is 203 Å². The molecule has 0 amide bonds. The number of aromatic nitrogens is 2. The lowest BCUT2D eigenvalue weighted by Gasteiger charge is -2.38. The molecule has 1 aromatic carbocycles. The molecule has 174 valence electrons. The summed E-state index contributed by atoms with van der Waals surface area (Å²) in [7, 11) is 1.62. The number of halogens is 1. The number of nitrogens with two attached hydrogens (primary N) is 1. The van der Waals surface area contributed by atoms with Gasteiger partial charge in [0.05, 0.1) is 24.1 Å². The van der Waals surface area contributed by atoms with Gasteiger partial charge in [0, 0.05) is 46.8 Å². The van der Waals surface area contributed by atoms with Crippen LogP contribution in [0, 0.1) is 5.41 Å². The highest BCUT2D eigenvalue weighted by atomic mass is 35.5. The Bertz CT molecular complexity index is 1430. The highest BCUT2D eigenvalue weighted by Crippen LogP contribution is 2.53. The summed E-state index contributed by atoms with van der Waals surface area (Å²) in [5.41, 5.74) is 12.2. The molecule has 34 heavy (non-hydrogen) atoms. The Morgan fingerprint density at radius 1 is 1.18 bits per heavy atom. The average Bonchev–Trinajstić information content (AvgIpc) is 3.25. The zero-order valence-corrected chi connectivity index (χ0v) is 20.3. The van der Waals surface area contributed by atoms with Crippen molar-refractivity contribution in [1.82, 2.24) is 9.97 Å². The number of anilines is 1. The molecule has 0 bridgehead atoms. The van der Waals surface area contributed by atoms with Crippen molar-refractivity contribution in [2.24, 2.45) is 5.41 Å². The van der Waals surface area contributed by atoms with Gasteiger partial charge in [-0.05, 0) is 48.4 Å². The molecule has 0 fully saturated rings. The van der Waals surface area contributed by atoms with Gasteiger partial charge in [0.2, 0.25) is 5.88 Å². The van der Waals surface area contributed by atoms with Gasteiger partial charge in [-0.2, -0.15) is 0 Å². The lowest BCUT2D eigenvalue weighted by atomic mass is 9.70. The quantitative estimate of drug-likeness (QED) is 0.490. The van der Waals surface area contributed by atoms with Crippen molar-refractivity contribution in [2.45, 2.75) is 51.9 Å². The van der Waals surface area contributed by atoms with E-state index in [-0.39, 0.29) is 11.2 Å². The predicted octanol–water partition coefficient (Wildman–Crippen LogP) is 5.53. The van der Waals surface area contributed by atoms with Crippen molar-refractivity contribution in [2.75, 3.05) is 12.8 Å². The van der Waals surface area contributed by atoms with Crippen LogP contribution >= 0.6 is 11.6 Å². The Hall–Kier alpha value is -3.12. The molecule has 7 heteroatoms. The summed E-state index contributed by atoms with van der Waals surface area (Å²) in [5.74, 6) is 1.48. The Kier molecular flexibility index (Phi) is 4.69. The molecule has 1 atom stereocenters. The number of carbonyl (C=O) groups is 1. The standard InChI is InChI=1S/C27H26ClN3O3/c1-27(2)11-19(32)22-20(12-27)34-26-23(24(29)15-5-4-6-17(15)31-26)21(22)16-9-13-7-8-14(33-3)10-18(13)30-25(16)28/h7-10,21H,4-6,11-12H2,1-3H3,(H2,29,31). The lowest BCUT2D eigenvalue weighted by molar-refractivity contribution is -0.118. The van der Waals surface area contributed by atoms with E-state index >= 15 is 0 Å². The Morgan fingerprint density at radius 3 is 2.79 bits per heavy atom. The smallest absolute Gasteiger partial charge is 0.225 e.